The second kappa shape index (κ2) is 9.57. The number of sulfonamides is 2. The molecule has 2 aromatic carbocycles. The van der Waals surface area contributed by atoms with Gasteiger partial charge in [0.15, 0.2) is 0 Å². The quantitative estimate of drug-likeness (QED) is 0.391. The van der Waals surface area contributed by atoms with Gasteiger partial charge in [0.05, 0.1) is 15.5 Å². The van der Waals surface area contributed by atoms with Crippen molar-refractivity contribution in [2.75, 3.05) is 16.6 Å². The van der Waals surface area contributed by atoms with Crippen LogP contribution in [0.25, 0.3) is 0 Å². The topological polar surface area (TPSA) is 147 Å². The fraction of sp³-hybridized carbons (Fsp3) is 0.143. The third-order valence-corrected chi connectivity index (χ3v) is 7.44. The van der Waals surface area contributed by atoms with Crippen molar-refractivity contribution < 1.29 is 26.2 Å². The molecule has 174 valence electrons. The first-order chi connectivity index (χ1) is 15.5. The Hall–Kier alpha value is -3.48. The Kier molecular flexibility index (Phi) is 7.01. The SMILES string of the molecule is C=CCNS(=O)(=O)c1ccc(C(=O)Nc2ccc(S(=O)(=O)Nc3onc(C)c3C)cc2)cc1. The summed E-state index contributed by atoms with van der Waals surface area (Å²) in [6.45, 7) is 6.92. The van der Waals surface area contributed by atoms with Crippen molar-refractivity contribution in [3.05, 3.63) is 78.0 Å². The molecule has 3 N–H and O–H groups in total. The Morgan fingerprint density at radius 2 is 1.55 bits per heavy atom. The third kappa shape index (κ3) is 5.66. The van der Waals surface area contributed by atoms with Crippen LogP contribution in [0.4, 0.5) is 11.6 Å². The maximum Gasteiger partial charge on any atom is 0.264 e. The van der Waals surface area contributed by atoms with Gasteiger partial charge in [-0.05, 0) is 62.4 Å². The highest BCUT2D eigenvalue weighted by atomic mass is 32.2. The van der Waals surface area contributed by atoms with Crippen LogP contribution in [-0.4, -0.2) is 34.4 Å². The molecule has 0 aliphatic rings. The third-order valence-electron chi connectivity index (χ3n) is 4.65. The van der Waals surface area contributed by atoms with Crippen LogP contribution in [0.1, 0.15) is 21.6 Å². The molecule has 0 unspecified atom stereocenters. The standard InChI is InChI=1S/C21H22N4O6S2/c1-4-13-22-32(27,28)18-9-5-16(6-10-18)20(26)23-17-7-11-19(12-8-17)33(29,30)25-21-14(2)15(3)24-31-21/h4-12,22,25H,1,13H2,2-3H3,(H,23,26). The molecule has 0 atom stereocenters. The Labute approximate surface area is 191 Å². The van der Waals surface area contributed by atoms with Crippen LogP contribution in [0.3, 0.4) is 0 Å². The van der Waals surface area contributed by atoms with Gasteiger partial charge in [-0.3, -0.25) is 4.79 Å². The summed E-state index contributed by atoms with van der Waals surface area (Å²) < 4.78 is 58.9. The van der Waals surface area contributed by atoms with Crippen LogP contribution in [0.5, 0.6) is 0 Å². The molecule has 3 rings (SSSR count). The first-order valence-corrected chi connectivity index (χ1v) is 12.6. The number of nitrogens with one attached hydrogen (secondary N) is 3. The highest BCUT2D eigenvalue weighted by Crippen LogP contribution is 2.23. The number of carbonyl (C=O) groups excluding carboxylic acids is 1. The van der Waals surface area contributed by atoms with Crippen molar-refractivity contribution in [2.45, 2.75) is 23.6 Å². The minimum absolute atomic E-state index is 0.0140. The Bertz CT molecular complexity index is 1380. The minimum atomic E-state index is -3.91. The van der Waals surface area contributed by atoms with E-state index in [-0.39, 0.29) is 27.8 Å². The fourth-order valence-corrected chi connectivity index (χ4v) is 4.69. The Balaban J connectivity index is 1.69. The van der Waals surface area contributed by atoms with E-state index in [0.29, 0.717) is 16.9 Å². The molecule has 1 amide bonds. The van der Waals surface area contributed by atoms with Crippen molar-refractivity contribution >= 4 is 37.5 Å². The van der Waals surface area contributed by atoms with Gasteiger partial charge in [0.2, 0.25) is 15.9 Å². The number of aromatic nitrogens is 1. The zero-order valence-electron chi connectivity index (χ0n) is 17.8. The summed E-state index contributed by atoms with van der Waals surface area (Å²) in [5.74, 6) is -0.450. The number of nitrogens with zero attached hydrogens (tertiary/aromatic N) is 1. The number of aryl methyl sites for hydroxylation is 1. The van der Waals surface area contributed by atoms with Gasteiger partial charge < -0.3 is 9.84 Å². The predicted octanol–water partition coefficient (Wildman–Crippen LogP) is 2.81. The van der Waals surface area contributed by atoms with Gasteiger partial charge in [0, 0.05) is 23.4 Å². The average Bonchev–Trinajstić information content (AvgIpc) is 3.10. The number of hydrogen-bond acceptors (Lipinski definition) is 7. The van der Waals surface area contributed by atoms with Crippen molar-refractivity contribution in [2.24, 2.45) is 0 Å². The van der Waals surface area contributed by atoms with E-state index in [2.05, 4.69) is 26.5 Å². The zero-order valence-corrected chi connectivity index (χ0v) is 19.5. The summed E-state index contributed by atoms with van der Waals surface area (Å²) in [5.41, 5.74) is 1.74. The molecule has 1 aromatic heterocycles. The van der Waals surface area contributed by atoms with Crippen molar-refractivity contribution in [3.8, 4) is 0 Å². The molecule has 0 saturated carbocycles. The molecule has 0 bridgehead atoms. The molecule has 33 heavy (non-hydrogen) atoms. The largest absolute Gasteiger partial charge is 0.337 e. The van der Waals surface area contributed by atoms with Gasteiger partial charge in [0.1, 0.15) is 0 Å². The second-order valence-corrected chi connectivity index (χ2v) is 10.4. The molecular formula is C21H22N4O6S2. The predicted molar refractivity (Wildman–Crippen MR) is 123 cm³/mol. The number of carbonyl (C=O) groups is 1. The molecule has 1 heterocycles. The lowest BCUT2D eigenvalue weighted by Crippen LogP contribution is -2.23. The lowest BCUT2D eigenvalue weighted by Gasteiger charge is -2.09. The van der Waals surface area contributed by atoms with E-state index in [1.165, 1.54) is 54.6 Å². The van der Waals surface area contributed by atoms with Crippen molar-refractivity contribution in [1.82, 2.24) is 9.88 Å². The van der Waals surface area contributed by atoms with Crippen molar-refractivity contribution in [3.63, 3.8) is 0 Å². The summed E-state index contributed by atoms with van der Waals surface area (Å²) >= 11 is 0. The average molecular weight is 491 g/mol. The maximum atomic E-state index is 12.6. The van der Waals surface area contributed by atoms with Crippen LogP contribution >= 0.6 is 0 Å². The van der Waals surface area contributed by atoms with Gasteiger partial charge in [-0.25, -0.2) is 26.3 Å². The summed E-state index contributed by atoms with van der Waals surface area (Å²) in [6.07, 6.45) is 1.42. The van der Waals surface area contributed by atoms with Gasteiger partial charge in [-0.15, -0.1) is 6.58 Å². The summed E-state index contributed by atoms with van der Waals surface area (Å²) in [7, 11) is -7.60. The molecule has 0 aliphatic heterocycles. The maximum absolute atomic E-state index is 12.6. The summed E-state index contributed by atoms with van der Waals surface area (Å²) in [6, 6.07) is 10.9. The van der Waals surface area contributed by atoms with E-state index in [9.17, 15) is 21.6 Å². The van der Waals surface area contributed by atoms with E-state index < -0.39 is 26.0 Å². The summed E-state index contributed by atoms with van der Waals surface area (Å²) in [4.78, 5) is 12.5. The van der Waals surface area contributed by atoms with Crippen molar-refractivity contribution in [1.29, 1.82) is 0 Å². The van der Waals surface area contributed by atoms with Crippen LogP contribution in [0, 0.1) is 13.8 Å². The van der Waals surface area contributed by atoms with Gasteiger partial charge in [-0.1, -0.05) is 11.2 Å². The molecule has 3 aromatic rings. The number of amides is 1. The van der Waals surface area contributed by atoms with E-state index >= 15 is 0 Å². The molecule has 0 fully saturated rings. The molecule has 10 nitrogen and oxygen atoms in total. The molecular weight excluding hydrogens is 468 g/mol. The number of rotatable bonds is 9. The number of anilines is 2. The smallest absolute Gasteiger partial charge is 0.264 e. The second-order valence-electron chi connectivity index (χ2n) is 6.97. The van der Waals surface area contributed by atoms with Gasteiger partial charge in [0.25, 0.3) is 15.9 Å². The molecule has 0 saturated heterocycles. The lowest BCUT2D eigenvalue weighted by molar-refractivity contribution is 0.102. The molecule has 0 radical (unpaired) electrons. The first-order valence-electron chi connectivity index (χ1n) is 9.61. The fourth-order valence-electron chi connectivity index (χ4n) is 2.65. The first kappa shape index (κ1) is 24.2. The minimum Gasteiger partial charge on any atom is -0.337 e. The number of hydrogen-bond donors (Lipinski definition) is 3. The van der Waals surface area contributed by atoms with Crippen LogP contribution in [0.15, 0.2) is 75.5 Å². The zero-order chi connectivity index (χ0) is 24.2. The van der Waals surface area contributed by atoms with E-state index in [1.807, 2.05) is 0 Å². The Morgan fingerprint density at radius 3 is 2.09 bits per heavy atom. The Morgan fingerprint density at radius 1 is 0.970 bits per heavy atom. The molecule has 12 heteroatoms. The van der Waals surface area contributed by atoms with E-state index in [0.717, 1.165) is 0 Å². The lowest BCUT2D eigenvalue weighted by atomic mass is 10.2. The monoisotopic (exact) mass is 490 g/mol. The van der Waals surface area contributed by atoms with Crippen LogP contribution in [0.2, 0.25) is 0 Å². The normalized spacial score (nSPS) is 11.7. The molecule has 0 spiro atoms. The van der Waals surface area contributed by atoms with Crippen LogP contribution in [-0.2, 0) is 20.0 Å². The number of benzene rings is 2. The highest BCUT2D eigenvalue weighted by Gasteiger charge is 2.19. The van der Waals surface area contributed by atoms with E-state index in [1.54, 1.807) is 13.8 Å². The van der Waals surface area contributed by atoms with Gasteiger partial charge >= 0.3 is 0 Å². The van der Waals surface area contributed by atoms with E-state index in [4.69, 9.17) is 4.52 Å². The van der Waals surface area contributed by atoms with Gasteiger partial charge in [-0.2, -0.15) is 0 Å². The molecule has 0 aliphatic carbocycles. The summed E-state index contributed by atoms with van der Waals surface area (Å²) in [5, 5.41) is 6.34. The highest BCUT2D eigenvalue weighted by molar-refractivity contribution is 7.92. The van der Waals surface area contributed by atoms with Crippen LogP contribution < -0.4 is 14.8 Å².